The zero-order chi connectivity index (χ0) is 45.8. The lowest BCUT2D eigenvalue weighted by Crippen LogP contribution is -2.30. The maximum absolute atomic E-state index is 12.7. The molecular formula is C57H94O6. The summed E-state index contributed by atoms with van der Waals surface area (Å²) in [5.41, 5.74) is 0. The molecule has 0 fully saturated rings. The van der Waals surface area contributed by atoms with E-state index >= 15 is 0 Å². The Morgan fingerprint density at radius 2 is 0.651 bits per heavy atom. The molecule has 0 aliphatic carbocycles. The van der Waals surface area contributed by atoms with Gasteiger partial charge in [0.25, 0.3) is 0 Å². The van der Waals surface area contributed by atoms with Crippen LogP contribution in [0.25, 0.3) is 0 Å². The molecule has 1 atom stereocenters. The van der Waals surface area contributed by atoms with Crippen LogP contribution in [0.2, 0.25) is 0 Å². The predicted molar refractivity (Wildman–Crippen MR) is 270 cm³/mol. The van der Waals surface area contributed by atoms with Crippen molar-refractivity contribution in [2.45, 2.75) is 232 Å². The number of esters is 3. The molecule has 0 saturated carbocycles. The third-order valence-corrected chi connectivity index (χ3v) is 10.6. The van der Waals surface area contributed by atoms with E-state index in [9.17, 15) is 14.4 Å². The smallest absolute Gasteiger partial charge is 0.306 e. The molecule has 0 bridgehead atoms. The van der Waals surface area contributed by atoms with Crippen molar-refractivity contribution in [2.24, 2.45) is 0 Å². The SMILES string of the molecule is CC/C=C\C/C=C\C/C=C\C/C=C\C/C=C\C/C=C\CCCCCCCCCCC(=O)OCC(COC(=O)CCCCCCC)OC(=O)CCCCCCC/C=C\C/C=C\CCC. The van der Waals surface area contributed by atoms with Gasteiger partial charge in [0.05, 0.1) is 0 Å². The average molecular weight is 875 g/mol. The molecular weight excluding hydrogens is 781 g/mol. The van der Waals surface area contributed by atoms with Gasteiger partial charge >= 0.3 is 17.9 Å². The molecule has 0 aromatic heterocycles. The van der Waals surface area contributed by atoms with Crippen LogP contribution in [0, 0.1) is 0 Å². The number of carbonyl (C=O) groups excluding carboxylic acids is 3. The minimum Gasteiger partial charge on any atom is -0.462 e. The van der Waals surface area contributed by atoms with Crippen LogP contribution >= 0.6 is 0 Å². The third kappa shape index (κ3) is 49.2. The second kappa shape index (κ2) is 51.0. The fourth-order valence-corrected chi connectivity index (χ4v) is 6.72. The molecule has 0 spiro atoms. The molecule has 63 heavy (non-hydrogen) atoms. The van der Waals surface area contributed by atoms with Crippen molar-refractivity contribution < 1.29 is 28.6 Å². The van der Waals surface area contributed by atoms with E-state index in [1.54, 1.807) is 0 Å². The van der Waals surface area contributed by atoms with Crippen molar-refractivity contribution in [1.82, 2.24) is 0 Å². The molecule has 0 aromatic carbocycles. The van der Waals surface area contributed by atoms with Crippen molar-refractivity contribution in [1.29, 1.82) is 0 Å². The highest BCUT2D eigenvalue weighted by Gasteiger charge is 2.19. The summed E-state index contributed by atoms with van der Waals surface area (Å²) in [6.07, 6.45) is 67.2. The van der Waals surface area contributed by atoms with Crippen LogP contribution in [0.1, 0.15) is 226 Å². The molecule has 0 N–H and O–H groups in total. The Bertz CT molecular complexity index is 1280. The number of rotatable bonds is 45. The molecule has 0 saturated heterocycles. The highest BCUT2D eigenvalue weighted by molar-refractivity contribution is 5.71. The summed E-state index contributed by atoms with van der Waals surface area (Å²) in [7, 11) is 0. The number of carbonyl (C=O) groups is 3. The molecule has 0 aliphatic rings. The number of allylic oxidation sites excluding steroid dienone is 16. The highest BCUT2D eigenvalue weighted by atomic mass is 16.6. The summed E-state index contributed by atoms with van der Waals surface area (Å²) < 4.78 is 16.6. The van der Waals surface area contributed by atoms with Gasteiger partial charge in [0.2, 0.25) is 0 Å². The van der Waals surface area contributed by atoms with Crippen molar-refractivity contribution in [3.8, 4) is 0 Å². The van der Waals surface area contributed by atoms with Crippen LogP contribution in [0.3, 0.4) is 0 Å². The molecule has 6 heteroatoms. The van der Waals surface area contributed by atoms with Gasteiger partial charge in [-0.3, -0.25) is 14.4 Å². The molecule has 0 rings (SSSR count). The summed E-state index contributed by atoms with van der Waals surface area (Å²) in [5, 5.41) is 0. The lowest BCUT2D eigenvalue weighted by Gasteiger charge is -2.18. The minimum atomic E-state index is -0.784. The molecule has 0 radical (unpaired) electrons. The van der Waals surface area contributed by atoms with E-state index in [2.05, 4.69) is 118 Å². The highest BCUT2D eigenvalue weighted by Crippen LogP contribution is 2.13. The Morgan fingerprint density at radius 1 is 0.333 bits per heavy atom. The van der Waals surface area contributed by atoms with Gasteiger partial charge in [-0.15, -0.1) is 0 Å². The van der Waals surface area contributed by atoms with Crippen LogP contribution in [0.4, 0.5) is 0 Å². The Morgan fingerprint density at radius 3 is 1.03 bits per heavy atom. The third-order valence-electron chi connectivity index (χ3n) is 10.6. The van der Waals surface area contributed by atoms with Gasteiger partial charge in [0, 0.05) is 19.3 Å². The average Bonchev–Trinajstić information content (AvgIpc) is 3.28. The van der Waals surface area contributed by atoms with Crippen LogP contribution in [0.5, 0.6) is 0 Å². The zero-order valence-corrected chi connectivity index (χ0v) is 40.8. The fraction of sp³-hybridized carbons (Fsp3) is 0.667. The van der Waals surface area contributed by atoms with Gasteiger partial charge in [-0.1, -0.05) is 208 Å². The van der Waals surface area contributed by atoms with Gasteiger partial charge in [-0.25, -0.2) is 0 Å². The summed E-state index contributed by atoms with van der Waals surface area (Å²) in [4.78, 5) is 37.6. The molecule has 1 unspecified atom stereocenters. The Hall–Kier alpha value is -3.67. The summed E-state index contributed by atoms with van der Waals surface area (Å²) >= 11 is 0. The van der Waals surface area contributed by atoms with Crippen LogP contribution in [-0.2, 0) is 28.6 Å². The molecule has 0 aromatic rings. The minimum absolute atomic E-state index is 0.0872. The summed E-state index contributed by atoms with van der Waals surface area (Å²) in [6, 6.07) is 0. The number of hydrogen-bond donors (Lipinski definition) is 0. The molecule has 6 nitrogen and oxygen atoms in total. The molecule has 0 amide bonds. The quantitative estimate of drug-likeness (QED) is 0.0262. The number of ether oxygens (including phenoxy) is 3. The maximum atomic E-state index is 12.7. The van der Waals surface area contributed by atoms with E-state index in [1.807, 2.05) is 0 Å². The number of unbranched alkanes of at least 4 members (excludes halogenated alkanes) is 18. The molecule has 358 valence electrons. The largest absolute Gasteiger partial charge is 0.462 e. The topological polar surface area (TPSA) is 78.9 Å². The maximum Gasteiger partial charge on any atom is 0.306 e. The van der Waals surface area contributed by atoms with Crippen molar-refractivity contribution in [3.05, 3.63) is 97.2 Å². The first-order valence-electron chi connectivity index (χ1n) is 25.7. The van der Waals surface area contributed by atoms with Gasteiger partial charge in [0.1, 0.15) is 13.2 Å². The first-order chi connectivity index (χ1) is 31.0. The van der Waals surface area contributed by atoms with Gasteiger partial charge < -0.3 is 14.2 Å². The number of hydrogen-bond acceptors (Lipinski definition) is 6. The Kier molecular flexibility index (Phi) is 48.0. The first kappa shape index (κ1) is 59.3. The van der Waals surface area contributed by atoms with Gasteiger partial charge in [-0.2, -0.15) is 0 Å². The van der Waals surface area contributed by atoms with Gasteiger partial charge in [0.15, 0.2) is 6.10 Å². The van der Waals surface area contributed by atoms with Crippen LogP contribution < -0.4 is 0 Å². The first-order valence-corrected chi connectivity index (χ1v) is 25.7. The van der Waals surface area contributed by atoms with Crippen LogP contribution in [0.15, 0.2) is 97.2 Å². The monoisotopic (exact) mass is 875 g/mol. The lowest BCUT2D eigenvalue weighted by molar-refractivity contribution is -0.167. The predicted octanol–water partition coefficient (Wildman–Crippen LogP) is 17.0. The summed E-state index contributed by atoms with van der Waals surface area (Å²) in [5.74, 6) is -0.929. The summed E-state index contributed by atoms with van der Waals surface area (Å²) in [6.45, 7) is 6.34. The van der Waals surface area contributed by atoms with E-state index in [-0.39, 0.29) is 31.1 Å². The molecule has 0 aliphatic heterocycles. The Balaban J connectivity index is 4.13. The van der Waals surface area contributed by atoms with E-state index in [0.717, 1.165) is 141 Å². The van der Waals surface area contributed by atoms with E-state index in [4.69, 9.17) is 14.2 Å². The zero-order valence-electron chi connectivity index (χ0n) is 40.8. The molecule has 0 heterocycles. The lowest BCUT2D eigenvalue weighted by atomic mass is 10.1. The normalized spacial score (nSPS) is 12.9. The fourth-order valence-electron chi connectivity index (χ4n) is 6.72. The second-order valence-electron chi connectivity index (χ2n) is 16.7. The van der Waals surface area contributed by atoms with E-state index < -0.39 is 6.10 Å². The standard InChI is InChI=1S/C57H94O6/c1-4-7-10-13-15-17-19-21-22-23-24-25-26-27-28-29-30-31-32-33-34-36-37-39-41-44-47-50-56(59)62-53-54(52-61-55(58)49-46-43-12-9-6-3)63-57(60)51-48-45-42-40-38-35-20-18-16-14-11-8-5-2/h7,10-11,14-15,17-18,20-22,24-25,27-28,30-31,54H,4-6,8-9,12-13,16,19,23,26,29,32-53H2,1-3H3/b10-7-,14-11-,17-15-,20-18-,22-21-,25-24-,28-27-,31-30-. The van der Waals surface area contributed by atoms with Crippen molar-refractivity contribution >= 4 is 17.9 Å². The van der Waals surface area contributed by atoms with E-state index in [0.29, 0.717) is 19.3 Å². The van der Waals surface area contributed by atoms with Crippen molar-refractivity contribution in [2.75, 3.05) is 13.2 Å². The van der Waals surface area contributed by atoms with E-state index in [1.165, 1.54) is 44.9 Å². The Labute approximate surface area is 387 Å². The van der Waals surface area contributed by atoms with Gasteiger partial charge in [-0.05, 0) is 96.3 Å². The second-order valence-corrected chi connectivity index (χ2v) is 16.7. The van der Waals surface area contributed by atoms with Crippen LogP contribution in [-0.4, -0.2) is 37.2 Å². The van der Waals surface area contributed by atoms with Crippen molar-refractivity contribution in [3.63, 3.8) is 0 Å².